The van der Waals surface area contributed by atoms with Gasteiger partial charge in [-0.2, -0.15) is 0 Å². The van der Waals surface area contributed by atoms with Crippen molar-refractivity contribution in [2.75, 3.05) is 0 Å². The van der Waals surface area contributed by atoms with E-state index in [1.807, 2.05) is 43.5 Å². The number of para-hydroxylation sites is 1. The second-order valence-corrected chi connectivity index (χ2v) is 12.4. The largest absolute Gasteiger partial charge is 0.381 e. The number of hydrogen-bond donors (Lipinski definition) is 3. The molecule has 206 valence electrons. The highest BCUT2D eigenvalue weighted by molar-refractivity contribution is 6.10. The topological polar surface area (TPSA) is 112 Å². The van der Waals surface area contributed by atoms with Gasteiger partial charge in [-0.1, -0.05) is 50.3 Å². The predicted molar refractivity (Wildman–Crippen MR) is 148 cm³/mol. The quantitative estimate of drug-likeness (QED) is 0.308. The number of ether oxygens (including phenoxy) is 1. The van der Waals surface area contributed by atoms with Gasteiger partial charge in [-0.25, -0.2) is 0 Å². The van der Waals surface area contributed by atoms with Crippen LogP contribution in [0.15, 0.2) is 54.3 Å². The number of nitrogens with one attached hydrogen (secondary N) is 2. The van der Waals surface area contributed by atoms with E-state index >= 15 is 0 Å². The lowest BCUT2D eigenvalue weighted by Gasteiger charge is -2.46. The number of ketones is 2. The Hall–Kier alpha value is -3.03. The average Bonchev–Trinajstić information content (AvgIpc) is 3.31. The summed E-state index contributed by atoms with van der Waals surface area (Å²) in [6.45, 7) is 8.00. The molecule has 1 amide bonds. The van der Waals surface area contributed by atoms with E-state index in [0.717, 1.165) is 16.5 Å². The fourth-order valence-corrected chi connectivity index (χ4v) is 7.94. The molecule has 0 unspecified atom stereocenters. The molecule has 6 rings (SSSR count). The van der Waals surface area contributed by atoms with Gasteiger partial charge in [0.1, 0.15) is 17.3 Å². The molecule has 3 N–H and O–H groups in total. The number of aromatic nitrogens is 1. The van der Waals surface area contributed by atoms with Crippen molar-refractivity contribution in [2.45, 2.75) is 77.2 Å². The number of rotatable bonds is 2. The molecule has 0 bridgehead atoms. The first kappa shape index (κ1) is 26.2. The monoisotopic (exact) mass is 530 g/mol. The van der Waals surface area contributed by atoms with Crippen LogP contribution in [0.5, 0.6) is 0 Å². The van der Waals surface area contributed by atoms with Crippen LogP contribution >= 0.6 is 0 Å². The predicted octanol–water partition coefficient (Wildman–Crippen LogP) is 4.06. The molecule has 2 aliphatic carbocycles. The highest BCUT2D eigenvalue weighted by atomic mass is 16.6. The lowest BCUT2D eigenvalue weighted by Crippen LogP contribution is -2.58. The molecule has 2 aliphatic heterocycles. The number of carbonyl (C=O) groups is 3. The van der Waals surface area contributed by atoms with Crippen molar-refractivity contribution >= 4 is 28.4 Å². The van der Waals surface area contributed by atoms with Gasteiger partial charge in [-0.15, -0.1) is 0 Å². The maximum absolute atomic E-state index is 14.3. The molecule has 3 heterocycles. The molecule has 2 aromatic rings. The van der Waals surface area contributed by atoms with Crippen LogP contribution in [0.25, 0.3) is 10.9 Å². The van der Waals surface area contributed by atoms with Crippen molar-refractivity contribution in [3.05, 3.63) is 59.8 Å². The number of hydrogen-bond acceptors (Lipinski definition) is 5. The standard InChI is InChI=1S/C32H38N2O5/c1-17-8-7-10-22-29-31(4,39-29)19(3)27-24(15-20-16-33-23-11-6-5-9-21(20)23)34-30(38)32(22,27)26(36)13-12-25(35)28(37)18(2)14-17/h5-7,9-11,14,16-17,19,22,24,27-29,33,37H,8,12-13,15H2,1-4H3,(H,34,38)/b10-7+,18-14+/t17-,19-,22-,24-,27-,28-,29-,31+,32-/m0/s1. The minimum absolute atomic E-state index is 0.0509. The number of fused-ring (bicyclic) bond motifs is 3. The van der Waals surface area contributed by atoms with Crippen LogP contribution in [0.3, 0.4) is 0 Å². The summed E-state index contributed by atoms with van der Waals surface area (Å²) in [5.41, 5.74) is 0.997. The Morgan fingerprint density at radius 1 is 1.13 bits per heavy atom. The van der Waals surface area contributed by atoms with Gasteiger partial charge in [0, 0.05) is 47.8 Å². The average molecular weight is 531 g/mol. The Kier molecular flexibility index (Phi) is 6.23. The molecule has 1 saturated carbocycles. The van der Waals surface area contributed by atoms with Gasteiger partial charge >= 0.3 is 0 Å². The van der Waals surface area contributed by atoms with E-state index < -0.39 is 23.0 Å². The molecule has 1 aromatic carbocycles. The van der Waals surface area contributed by atoms with E-state index in [-0.39, 0.29) is 60.2 Å². The lowest BCUT2D eigenvalue weighted by atomic mass is 9.51. The molecule has 4 aliphatic rings. The van der Waals surface area contributed by atoms with Gasteiger partial charge in [0.15, 0.2) is 5.78 Å². The van der Waals surface area contributed by atoms with Crippen molar-refractivity contribution in [3.8, 4) is 0 Å². The summed E-state index contributed by atoms with van der Waals surface area (Å²) in [5.74, 6) is -1.54. The first-order valence-corrected chi connectivity index (χ1v) is 14.2. The Morgan fingerprint density at radius 3 is 2.69 bits per heavy atom. The number of aliphatic hydroxyl groups is 1. The first-order valence-electron chi connectivity index (χ1n) is 14.2. The van der Waals surface area contributed by atoms with E-state index in [9.17, 15) is 19.5 Å². The van der Waals surface area contributed by atoms with E-state index in [1.54, 1.807) is 6.92 Å². The van der Waals surface area contributed by atoms with Crippen LogP contribution in [0.2, 0.25) is 0 Å². The van der Waals surface area contributed by atoms with Crippen LogP contribution in [-0.2, 0) is 25.5 Å². The van der Waals surface area contributed by atoms with Crippen molar-refractivity contribution in [2.24, 2.45) is 29.1 Å². The summed E-state index contributed by atoms with van der Waals surface area (Å²) < 4.78 is 6.35. The number of amides is 1. The molecule has 1 aromatic heterocycles. The number of carbonyl (C=O) groups excluding carboxylic acids is 3. The Labute approximate surface area is 229 Å². The molecule has 39 heavy (non-hydrogen) atoms. The molecular weight excluding hydrogens is 492 g/mol. The van der Waals surface area contributed by atoms with E-state index in [0.29, 0.717) is 18.4 Å². The third-order valence-electron chi connectivity index (χ3n) is 10.1. The molecule has 7 nitrogen and oxygen atoms in total. The number of aromatic amines is 1. The number of H-pyrrole nitrogens is 1. The third-order valence-corrected chi connectivity index (χ3v) is 10.1. The van der Waals surface area contributed by atoms with Crippen LogP contribution in [-0.4, -0.2) is 51.4 Å². The second kappa shape index (κ2) is 9.27. The first-order chi connectivity index (χ1) is 18.6. The summed E-state index contributed by atoms with van der Waals surface area (Å²) in [5, 5.41) is 15.0. The van der Waals surface area contributed by atoms with Crippen LogP contribution < -0.4 is 5.32 Å². The van der Waals surface area contributed by atoms with Gasteiger partial charge in [0.25, 0.3) is 0 Å². The minimum atomic E-state index is -1.32. The molecule has 3 fully saturated rings. The highest BCUT2D eigenvalue weighted by Gasteiger charge is 2.78. The van der Waals surface area contributed by atoms with Crippen LogP contribution in [0.1, 0.15) is 52.5 Å². The molecular formula is C32H38N2O5. The highest BCUT2D eigenvalue weighted by Crippen LogP contribution is 2.66. The Morgan fingerprint density at radius 2 is 1.90 bits per heavy atom. The zero-order valence-electron chi connectivity index (χ0n) is 23.1. The minimum Gasteiger partial charge on any atom is -0.381 e. The van der Waals surface area contributed by atoms with E-state index in [2.05, 4.69) is 36.3 Å². The molecule has 7 heteroatoms. The van der Waals surface area contributed by atoms with E-state index in [1.165, 1.54) is 0 Å². The maximum atomic E-state index is 14.3. The molecule has 9 atom stereocenters. The zero-order chi connectivity index (χ0) is 27.7. The number of Topliss-reactive ketones (excluding diaryl/α,β-unsaturated/α-hetero) is 2. The fourth-order valence-electron chi connectivity index (χ4n) is 7.94. The zero-order valence-corrected chi connectivity index (χ0v) is 23.1. The molecule has 2 saturated heterocycles. The van der Waals surface area contributed by atoms with Gasteiger partial charge in [0.2, 0.25) is 5.91 Å². The summed E-state index contributed by atoms with van der Waals surface area (Å²) in [6, 6.07) is 7.84. The van der Waals surface area contributed by atoms with Crippen molar-refractivity contribution in [3.63, 3.8) is 0 Å². The fraction of sp³-hybridized carbons (Fsp3) is 0.531. The lowest BCUT2D eigenvalue weighted by molar-refractivity contribution is -0.149. The Balaban J connectivity index is 1.43. The number of epoxide rings is 1. The maximum Gasteiger partial charge on any atom is 0.235 e. The third kappa shape index (κ3) is 3.88. The summed E-state index contributed by atoms with van der Waals surface area (Å²) in [7, 11) is 0. The number of aliphatic hydroxyl groups excluding tert-OH is 1. The summed E-state index contributed by atoms with van der Waals surface area (Å²) >= 11 is 0. The van der Waals surface area contributed by atoms with Crippen LogP contribution in [0, 0.1) is 29.1 Å². The molecule has 1 spiro atoms. The SMILES string of the molecule is C/C1=C\[C@@H](C)C/C=C/[C@H]2[C@@H]3O[C@]3(C)[C@@H](C)[C@H]3[C@H](Cc4c[nH]c5ccccc45)NC(=O)[C@@]32C(=O)CCC(=O)[C@H]1O. The van der Waals surface area contributed by atoms with Gasteiger partial charge in [0.05, 0.1) is 11.7 Å². The van der Waals surface area contributed by atoms with Gasteiger partial charge in [-0.05, 0) is 55.7 Å². The summed E-state index contributed by atoms with van der Waals surface area (Å²) in [4.78, 5) is 44.7. The Bertz CT molecular complexity index is 1410. The number of allylic oxidation sites excluding steroid dienone is 2. The van der Waals surface area contributed by atoms with Crippen molar-refractivity contribution in [1.82, 2.24) is 10.3 Å². The van der Waals surface area contributed by atoms with Crippen molar-refractivity contribution in [1.29, 1.82) is 0 Å². The van der Waals surface area contributed by atoms with Gasteiger partial charge < -0.3 is 20.1 Å². The smallest absolute Gasteiger partial charge is 0.235 e. The van der Waals surface area contributed by atoms with E-state index in [4.69, 9.17) is 4.74 Å². The molecule has 0 radical (unpaired) electrons. The van der Waals surface area contributed by atoms with Crippen LogP contribution in [0.4, 0.5) is 0 Å². The van der Waals surface area contributed by atoms with Gasteiger partial charge in [-0.3, -0.25) is 14.4 Å². The number of benzene rings is 1. The normalized spacial score (nSPS) is 42.6. The second-order valence-electron chi connectivity index (χ2n) is 12.4. The van der Waals surface area contributed by atoms with Crippen molar-refractivity contribution < 1.29 is 24.2 Å². The summed E-state index contributed by atoms with van der Waals surface area (Å²) in [6.07, 6.45) is 7.62.